The third-order valence-electron chi connectivity index (χ3n) is 3.16. The van der Waals surface area contributed by atoms with Gasteiger partial charge in [-0.05, 0) is 26.0 Å². The van der Waals surface area contributed by atoms with Crippen molar-refractivity contribution in [1.29, 1.82) is 0 Å². The molecule has 0 aliphatic carbocycles. The highest BCUT2D eigenvalue weighted by Crippen LogP contribution is 2.23. The minimum absolute atomic E-state index is 0.00731. The monoisotopic (exact) mass is 324 g/mol. The molecular formula is C16H24N2O3S. The molecule has 6 heteroatoms. The Morgan fingerprint density at radius 1 is 1.23 bits per heavy atom. The summed E-state index contributed by atoms with van der Waals surface area (Å²) in [4.78, 5) is 26.8. The van der Waals surface area contributed by atoms with Crippen molar-refractivity contribution in [2.24, 2.45) is 0 Å². The van der Waals surface area contributed by atoms with Gasteiger partial charge in [-0.25, -0.2) is 0 Å². The van der Waals surface area contributed by atoms with E-state index in [1.54, 1.807) is 12.0 Å². The van der Waals surface area contributed by atoms with Crippen LogP contribution in [0.15, 0.2) is 29.2 Å². The molecule has 0 radical (unpaired) electrons. The van der Waals surface area contributed by atoms with Gasteiger partial charge in [0.05, 0.1) is 17.9 Å². The Morgan fingerprint density at radius 2 is 1.91 bits per heavy atom. The maximum Gasteiger partial charge on any atom is 0.254 e. The van der Waals surface area contributed by atoms with Crippen molar-refractivity contribution >= 4 is 23.6 Å². The van der Waals surface area contributed by atoms with E-state index in [0.29, 0.717) is 31.8 Å². The van der Waals surface area contributed by atoms with Gasteiger partial charge in [0.15, 0.2) is 0 Å². The average molecular weight is 324 g/mol. The van der Waals surface area contributed by atoms with Crippen LogP contribution < -0.4 is 5.32 Å². The first kappa shape index (κ1) is 18.5. The summed E-state index contributed by atoms with van der Waals surface area (Å²) in [5.41, 5.74) is 0.654. The van der Waals surface area contributed by atoms with Gasteiger partial charge in [0.1, 0.15) is 0 Å². The number of nitrogens with one attached hydrogen (secondary N) is 1. The number of carbonyl (C=O) groups is 2. The van der Waals surface area contributed by atoms with Gasteiger partial charge >= 0.3 is 0 Å². The van der Waals surface area contributed by atoms with E-state index in [-0.39, 0.29) is 17.6 Å². The Kier molecular flexibility index (Phi) is 8.62. The molecule has 5 nitrogen and oxygen atoms in total. The van der Waals surface area contributed by atoms with Gasteiger partial charge in [0.2, 0.25) is 5.91 Å². The van der Waals surface area contributed by atoms with Crippen LogP contribution in [0.4, 0.5) is 0 Å². The summed E-state index contributed by atoms with van der Waals surface area (Å²) >= 11 is 1.38. The van der Waals surface area contributed by atoms with Crippen LogP contribution in [-0.4, -0.2) is 55.8 Å². The number of hydrogen-bond acceptors (Lipinski definition) is 4. The van der Waals surface area contributed by atoms with Crippen molar-refractivity contribution in [3.8, 4) is 0 Å². The highest BCUT2D eigenvalue weighted by molar-refractivity contribution is 8.00. The second kappa shape index (κ2) is 10.2. The van der Waals surface area contributed by atoms with Crippen LogP contribution in [0.5, 0.6) is 0 Å². The van der Waals surface area contributed by atoms with Crippen molar-refractivity contribution in [2.75, 3.05) is 39.1 Å². The van der Waals surface area contributed by atoms with Gasteiger partial charge < -0.3 is 15.0 Å². The van der Waals surface area contributed by atoms with E-state index in [4.69, 9.17) is 4.74 Å². The summed E-state index contributed by atoms with van der Waals surface area (Å²) in [6.45, 7) is 6.25. The second-order valence-electron chi connectivity index (χ2n) is 4.61. The minimum atomic E-state index is -0.0628. The number of methoxy groups -OCH3 is 1. The zero-order chi connectivity index (χ0) is 16.4. The summed E-state index contributed by atoms with van der Waals surface area (Å²) in [7, 11) is 1.59. The molecule has 0 heterocycles. The smallest absolute Gasteiger partial charge is 0.254 e. The Labute approximate surface area is 136 Å². The molecular weight excluding hydrogens is 300 g/mol. The van der Waals surface area contributed by atoms with E-state index in [0.717, 1.165) is 4.90 Å². The number of nitrogens with zero attached hydrogens (tertiary/aromatic N) is 1. The summed E-state index contributed by atoms with van der Waals surface area (Å²) in [6, 6.07) is 7.42. The SMILES string of the molecule is CCN(CC)C(=O)c1ccccc1SCC(=O)NCCOC. The third kappa shape index (κ3) is 5.69. The van der Waals surface area contributed by atoms with E-state index in [1.807, 2.05) is 38.1 Å². The summed E-state index contributed by atoms with van der Waals surface area (Å²) in [5, 5.41) is 2.77. The molecule has 1 N–H and O–H groups in total. The molecule has 1 aromatic carbocycles. The molecule has 1 rings (SSSR count). The molecule has 0 atom stereocenters. The molecule has 0 spiro atoms. The zero-order valence-electron chi connectivity index (χ0n) is 13.4. The molecule has 22 heavy (non-hydrogen) atoms. The lowest BCUT2D eigenvalue weighted by Gasteiger charge is -2.20. The van der Waals surface area contributed by atoms with Gasteiger partial charge in [-0.1, -0.05) is 12.1 Å². The van der Waals surface area contributed by atoms with Gasteiger partial charge in [0.25, 0.3) is 5.91 Å². The van der Waals surface area contributed by atoms with Gasteiger partial charge in [-0.3, -0.25) is 9.59 Å². The highest BCUT2D eigenvalue weighted by Gasteiger charge is 2.16. The first-order valence-electron chi connectivity index (χ1n) is 7.40. The van der Waals surface area contributed by atoms with Gasteiger partial charge in [0, 0.05) is 31.6 Å². The maximum absolute atomic E-state index is 12.5. The van der Waals surface area contributed by atoms with E-state index >= 15 is 0 Å². The first-order chi connectivity index (χ1) is 10.6. The van der Waals surface area contributed by atoms with Gasteiger partial charge in [-0.2, -0.15) is 0 Å². The van der Waals surface area contributed by atoms with Crippen LogP contribution in [0.3, 0.4) is 0 Å². The predicted molar refractivity (Wildman–Crippen MR) is 89.3 cm³/mol. The summed E-state index contributed by atoms with van der Waals surface area (Å²) in [6.07, 6.45) is 0. The number of hydrogen-bond donors (Lipinski definition) is 1. The van der Waals surface area contributed by atoms with Crippen molar-refractivity contribution in [1.82, 2.24) is 10.2 Å². The normalized spacial score (nSPS) is 10.3. The number of ether oxygens (including phenoxy) is 1. The van der Waals surface area contributed by atoms with E-state index in [9.17, 15) is 9.59 Å². The lowest BCUT2D eigenvalue weighted by Crippen LogP contribution is -2.31. The van der Waals surface area contributed by atoms with Crippen LogP contribution in [0.2, 0.25) is 0 Å². The average Bonchev–Trinajstić information content (AvgIpc) is 2.54. The first-order valence-corrected chi connectivity index (χ1v) is 8.39. The van der Waals surface area contributed by atoms with Crippen LogP contribution in [0.1, 0.15) is 24.2 Å². The Hall–Kier alpha value is -1.53. The second-order valence-corrected chi connectivity index (χ2v) is 5.62. The molecule has 0 saturated carbocycles. The van der Waals surface area contributed by atoms with Crippen molar-refractivity contribution in [3.63, 3.8) is 0 Å². The highest BCUT2D eigenvalue weighted by atomic mass is 32.2. The lowest BCUT2D eigenvalue weighted by molar-refractivity contribution is -0.118. The van der Waals surface area contributed by atoms with Crippen molar-refractivity contribution < 1.29 is 14.3 Å². The Morgan fingerprint density at radius 3 is 2.55 bits per heavy atom. The van der Waals surface area contributed by atoms with Crippen molar-refractivity contribution in [2.45, 2.75) is 18.7 Å². The van der Waals surface area contributed by atoms with Gasteiger partial charge in [-0.15, -0.1) is 11.8 Å². The maximum atomic E-state index is 12.5. The summed E-state index contributed by atoms with van der Waals surface area (Å²) in [5.74, 6) is 0.228. The topological polar surface area (TPSA) is 58.6 Å². The molecule has 0 bridgehead atoms. The fourth-order valence-electron chi connectivity index (χ4n) is 1.94. The number of thioether (sulfide) groups is 1. The van der Waals surface area contributed by atoms with Crippen LogP contribution in [-0.2, 0) is 9.53 Å². The number of benzene rings is 1. The minimum Gasteiger partial charge on any atom is -0.383 e. The third-order valence-corrected chi connectivity index (χ3v) is 4.23. The molecule has 0 aliphatic rings. The fourth-order valence-corrected chi connectivity index (χ4v) is 2.81. The van der Waals surface area contributed by atoms with Crippen LogP contribution in [0, 0.1) is 0 Å². The van der Waals surface area contributed by atoms with Crippen LogP contribution >= 0.6 is 11.8 Å². The number of carbonyl (C=O) groups excluding carboxylic acids is 2. The van der Waals surface area contributed by atoms with Crippen molar-refractivity contribution in [3.05, 3.63) is 29.8 Å². The molecule has 1 aromatic rings. The molecule has 122 valence electrons. The Bertz CT molecular complexity index is 490. The lowest BCUT2D eigenvalue weighted by atomic mass is 10.2. The van der Waals surface area contributed by atoms with Crippen LogP contribution in [0.25, 0.3) is 0 Å². The molecule has 0 fully saturated rings. The van der Waals surface area contributed by atoms with E-state index in [2.05, 4.69) is 5.32 Å². The molecule has 0 saturated heterocycles. The predicted octanol–water partition coefficient (Wildman–Crippen LogP) is 2.02. The molecule has 0 unspecified atom stereocenters. The molecule has 0 aliphatic heterocycles. The summed E-state index contributed by atoms with van der Waals surface area (Å²) < 4.78 is 4.88. The molecule has 2 amide bonds. The quantitative estimate of drug-likeness (QED) is 0.558. The standard InChI is InChI=1S/C16H24N2O3S/c1-4-18(5-2)16(20)13-8-6-7-9-14(13)22-12-15(19)17-10-11-21-3/h6-9H,4-5,10-12H2,1-3H3,(H,17,19). The Balaban J connectivity index is 2.68. The largest absolute Gasteiger partial charge is 0.383 e. The number of amides is 2. The fraction of sp³-hybridized carbons (Fsp3) is 0.500. The molecule has 0 aromatic heterocycles. The number of rotatable bonds is 9. The zero-order valence-corrected chi connectivity index (χ0v) is 14.2. The van der Waals surface area contributed by atoms with E-state index in [1.165, 1.54) is 11.8 Å². The van der Waals surface area contributed by atoms with E-state index < -0.39 is 0 Å².